The van der Waals surface area contributed by atoms with Crippen molar-refractivity contribution in [3.05, 3.63) is 59.9 Å². The van der Waals surface area contributed by atoms with E-state index in [1.54, 1.807) is 16.7 Å². The SMILES string of the molecule is Nc1nonc1-c1nc2ccccc2n1CC(=O)N/N=C/c1ccc(F)cc1. The number of hydrogen-bond acceptors (Lipinski definition) is 7. The van der Waals surface area contributed by atoms with Gasteiger partial charge >= 0.3 is 0 Å². The Morgan fingerprint density at radius 2 is 2.00 bits per heavy atom. The van der Waals surface area contributed by atoms with Crippen molar-refractivity contribution in [2.24, 2.45) is 5.10 Å². The number of para-hydroxylation sites is 2. The third-order valence-corrected chi connectivity index (χ3v) is 3.95. The lowest BCUT2D eigenvalue weighted by Crippen LogP contribution is -2.23. The van der Waals surface area contributed by atoms with E-state index in [0.717, 1.165) is 5.52 Å². The molecule has 0 spiro atoms. The Balaban J connectivity index is 1.57. The van der Waals surface area contributed by atoms with Gasteiger partial charge in [0.2, 0.25) is 0 Å². The fraction of sp³-hybridized carbons (Fsp3) is 0.0556. The zero-order valence-electron chi connectivity index (χ0n) is 14.4. The molecule has 0 aliphatic carbocycles. The highest BCUT2D eigenvalue weighted by Gasteiger charge is 2.20. The molecule has 0 unspecified atom stereocenters. The van der Waals surface area contributed by atoms with Crippen LogP contribution >= 0.6 is 0 Å². The van der Waals surface area contributed by atoms with Gasteiger partial charge in [-0.1, -0.05) is 24.3 Å². The Bertz CT molecular complexity index is 1160. The Labute approximate surface area is 157 Å². The predicted molar refractivity (Wildman–Crippen MR) is 99.6 cm³/mol. The number of imidazole rings is 1. The number of nitrogen functional groups attached to an aromatic ring is 1. The number of aromatic nitrogens is 4. The maximum Gasteiger partial charge on any atom is 0.260 e. The van der Waals surface area contributed by atoms with Crippen molar-refractivity contribution in [3.63, 3.8) is 0 Å². The van der Waals surface area contributed by atoms with E-state index >= 15 is 0 Å². The lowest BCUT2D eigenvalue weighted by Gasteiger charge is -2.06. The summed E-state index contributed by atoms with van der Waals surface area (Å²) in [7, 11) is 0. The lowest BCUT2D eigenvalue weighted by atomic mass is 10.2. The Kier molecular flexibility index (Phi) is 4.50. The van der Waals surface area contributed by atoms with Gasteiger partial charge in [-0.3, -0.25) is 4.79 Å². The number of anilines is 1. The second kappa shape index (κ2) is 7.27. The minimum absolute atomic E-state index is 0.0753. The van der Waals surface area contributed by atoms with Crippen LogP contribution < -0.4 is 11.2 Å². The largest absolute Gasteiger partial charge is 0.379 e. The van der Waals surface area contributed by atoms with Crippen LogP contribution in [0.5, 0.6) is 0 Å². The number of hydrogen-bond donors (Lipinski definition) is 2. The van der Waals surface area contributed by atoms with Gasteiger partial charge in [0.1, 0.15) is 12.4 Å². The van der Waals surface area contributed by atoms with Crippen molar-refractivity contribution < 1.29 is 13.8 Å². The number of nitrogens with zero attached hydrogens (tertiary/aromatic N) is 5. The number of amides is 1. The summed E-state index contributed by atoms with van der Waals surface area (Å²) in [5.41, 5.74) is 10.5. The van der Waals surface area contributed by atoms with E-state index in [2.05, 4.69) is 30.5 Å². The van der Waals surface area contributed by atoms with E-state index in [9.17, 15) is 9.18 Å². The smallest absolute Gasteiger partial charge is 0.260 e. The van der Waals surface area contributed by atoms with Crippen molar-refractivity contribution in [1.29, 1.82) is 0 Å². The van der Waals surface area contributed by atoms with Gasteiger partial charge in [-0.15, -0.1) is 0 Å². The monoisotopic (exact) mass is 379 g/mol. The van der Waals surface area contributed by atoms with Crippen LogP contribution in [0, 0.1) is 5.82 Å². The molecule has 0 saturated heterocycles. The zero-order valence-corrected chi connectivity index (χ0v) is 14.4. The molecule has 4 rings (SSSR count). The molecule has 10 heteroatoms. The molecular formula is C18H14FN7O2. The number of carbonyl (C=O) groups is 1. The Morgan fingerprint density at radius 3 is 2.75 bits per heavy atom. The van der Waals surface area contributed by atoms with Crippen LogP contribution in [0.4, 0.5) is 10.2 Å². The maximum atomic E-state index is 12.9. The number of nitrogens with one attached hydrogen (secondary N) is 1. The van der Waals surface area contributed by atoms with Crippen LogP contribution in [0.3, 0.4) is 0 Å². The second-order valence-corrected chi connectivity index (χ2v) is 5.85. The van der Waals surface area contributed by atoms with Gasteiger partial charge in [0.15, 0.2) is 17.3 Å². The van der Waals surface area contributed by atoms with E-state index in [-0.39, 0.29) is 23.9 Å². The van der Waals surface area contributed by atoms with Gasteiger partial charge in [0.05, 0.1) is 17.2 Å². The van der Waals surface area contributed by atoms with Crippen molar-refractivity contribution >= 4 is 29.0 Å². The molecule has 0 atom stereocenters. The topological polar surface area (TPSA) is 124 Å². The van der Waals surface area contributed by atoms with Crippen LogP contribution in [-0.4, -0.2) is 32.0 Å². The van der Waals surface area contributed by atoms with Gasteiger partial charge in [-0.05, 0) is 40.1 Å². The van der Waals surface area contributed by atoms with Crippen LogP contribution in [-0.2, 0) is 11.3 Å². The van der Waals surface area contributed by atoms with E-state index < -0.39 is 5.91 Å². The molecule has 28 heavy (non-hydrogen) atoms. The van der Waals surface area contributed by atoms with Crippen molar-refractivity contribution in [1.82, 2.24) is 25.3 Å². The second-order valence-electron chi connectivity index (χ2n) is 5.85. The average molecular weight is 379 g/mol. The molecule has 140 valence electrons. The summed E-state index contributed by atoms with van der Waals surface area (Å²) in [6.07, 6.45) is 1.42. The number of nitrogens with two attached hydrogens (primary N) is 1. The molecule has 0 bridgehead atoms. The van der Waals surface area contributed by atoms with Crippen LogP contribution in [0.1, 0.15) is 5.56 Å². The zero-order chi connectivity index (χ0) is 19.5. The van der Waals surface area contributed by atoms with Crippen LogP contribution in [0.25, 0.3) is 22.6 Å². The lowest BCUT2D eigenvalue weighted by molar-refractivity contribution is -0.121. The van der Waals surface area contributed by atoms with Gasteiger partial charge in [0, 0.05) is 0 Å². The summed E-state index contributed by atoms with van der Waals surface area (Å²) in [5.74, 6) is -0.302. The highest BCUT2D eigenvalue weighted by molar-refractivity contribution is 5.86. The third-order valence-electron chi connectivity index (χ3n) is 3.95. The number of rotatable bonds is 5. The number of benzene rings is 2. The molecule has 2 aromatic heterocycles. The van der Waals surface area contributed by atoms with Crippen molar-refractivity contribution in [2.45, 2.75) is 6.54 Å². The van der Waals surface area contributed by atoms with Gasteiger partial charge in [-0.25, -0.2) is 19.4 Å². The number of carbonyl (C=O) groups excluding carboxylic acids is 1. The number of halogens is 1. The van der Waals surface area contributed by atoms with Crippen LogP contribution in [0.15, 0.2) is 58.3 Å². The number of fused-ring (bicyclic) bond motifs is 1. The molecule has 0 fully saturated rings. The molecule has 4 aromatic rings. The minimum Gasteiger partial charge on any atom is -0.379 e. The molecule has 2 heterocycles. The molecule has 3 N–H and O–H groups in total. The summed E-state index contributed by atoms with van der Waals surface area (Å²) < 4.78 is 19.2. The van der Waals surface area contributed by atoms with E-state index in [1.807, 2.05) is 24.3 Å². The van der Waals surface area contributed by atoms with E-state index in [1.165, 1.54) is 18.3 Å². The fourth-order valence-corrected chi connectivity index (χ4v) is 2.67. The quantitative estimate of drug-likeness (QED) is 0.403. The third kappa shape index (κ3) is 3.43. The first kappa shape index (κ1) is 17.3. The van der Waals surface area contributed by atoms with Gasteiger partial charge < -0.3 is 10.3 Å². The standard InChI is InChI=1S/C18H14FN7O2/c19-12-7-5-11(6-8-12)9-21-23-15(27)10-26-14-4-2-1-3-13(14)22-18(26)16-17(20)25-28-24-16/h1-9H,10H2,(H2,20,25)(H,23,27)/b21-9+. The van der Waals surface area contributed by atoms with Crippen molar-refractivity contribution in [2.75, 3.05) is 5.73 Å². The summed E-state index contributed by atoms with van der Waals surface area (Å²) in [4.78, 5) is 16.9. The molecule has 0 aliphatic rings. The average Bonchev–Trinajstić information content (AvgIpc) is 3.27. The maximum absolute atomic E-state index is 12.9. The molecule has 0 saturated carbocycles. The van der Waals surface area contributed by atoms with Gasteiger partial charge in [-0.2, -0.15) is 5.10 Å². The number of hydrazone groups is 1. The first-order valence-electron chi connectivity index (χ1n) is 8.23. The summed E-state index contributed by atoms with van der Waals surface area (Å²) in [6, 6.07) is 13.0. The Hall–Kier alpha value is -4.08. The highest BCUT2D eigenvalue weighted by atomic mass is 19.1. The van der Waals surface area contributed by atoms with Crippen LogP contribution in [0.2, 0.25) is 0 Å². The first-order valence-corrected chi connectivity index (χ1v) is 8.23. The molecule has 1 amide bonds. The molecule has 2 aromatic carbocycles. The summed E-state index contributed by atoms with van der Waals surface area (Å²) in [6.45, 7) is -0.0805. The normalized spacial score (nSPS) is 11.3. The predicted octanol–water partition coefficient (Wildman–Crippen LogP) is 1.96. The first-order chi connectivity index (χ1) is 13.6. The summed E-state index contributed by atoms with van der Waals surface area (Å²) >= 11 is 0. The molecular weight excluding hydrogens is 365 g/mol. The van der Waals surface area contributed by atoms with Gasteiger partial charge in [0.25, 0.3) is 5.91 Å². The molecule has 0 aliphatic heterocycles. The van der Waals surface area contributed by atoms with E-state index in [4.69, 9.17) is 5.73 Å². The fourth-order valence-electron chi connectivity index (χ4n) is 2.67. The van der Waals surface area contributed by atoms with Crippen molar-refractivity contribution in [3.8, 4) is 11.5 Å². The highest BCUT2D eigenvalue weighted by Crippen LogP contribution is 2.26. The molecule has 0 radical (unpaired) electrons. The summed E-state index contributed by atoms with van der Waals surface area (Å²) in [5, 5.41) is 11.2. The molecule has 9 nitrogen and oxygen atoms in total. The van der Waals surface area contributed by atoms with E-state index in [0.29, 0.717) is 16.9 Å². The minimum atomic E-state index is -0.391. The Morgan fingerprint density at radius 1 is 1.21 bits per heavy atom.